The third-order valence-electron chi connectivity index (χ3n) is 2.41. The Kier molecular flexibility index (Phi) is 5.88. The fraction of sp³-hybridized carbons (Fsp3) is 0.286. The molecular weight excluding hydrogens is 314 g/mol. The number of halogens is 1. The van der Waals surface area contributed by atoms with Crippen LogP contribution in [0.3, 0.4) is 0 Å². The average molecular weight is 328 g/mol. The number of carbonyl (C=O) groups is 1. The van der Waals surface area contributed by atoms with Crippen LogP contribution < -0.4 is 0 Å². The molecule has 0 radical (unpaired) electrons. The number of aromatic nitrogens is 1. The Morgan fingerprint density at radius 2 is 2.35 bits per heavy atom. The number of hydrogen-bond acceptors (Lipinski definition) is 5. The maximum Gasteiger partial charge on any atom is 0.311 e. The number of esters is 1. The van der Waals surface area contributed by atoms with Gasteiger partial charge >= 0.3 is 5.97 Å². The summed E-state index contributed by atoms with van der Waals surface area (Å²) in [5.74, 6) is 0.580. The summed E-state index contributed by atoms with van der Waals surface area (Å²) in [6.07, 6.45) is 0.238. The SMILES string of the molecule is CCOC(=O)Cc1csc(SCc2cccc(Cl)c2)n1. The summed E-state index contributed by atoms with van der Waals surface area (Å²) in [4.78, 5) is 15.8. The minimum atomic E-state index is -0.232. The summed E-state index contributed by atoms with van der Waals surface area (Å²) in [6, 6.07) is 7.77. The van der Waals surface area contributed by atoms with Crippen LogP contribution in [0.15, 0.2) is 34.0 Å². The van der Waals surface area contributed by atoms with E-state index in [0.717, 1.165) is 26.4 Å². The van der Waals surface area contributed by atoms with Gasteiger partial charge in [-0.2, -0.15) is 0 Å². The lowest BCUT2D eigenvalue weighted by Gasteiger charge is -2.00. The lowest BCUT2D eigenvalue weighted by Crippen LogP contribution is -2.07. The molecule has 6 heteroatoms. The van der Waals surface area contributed by atoms with Gasteiger partial charge in [-0.25, -0.2) is 4.98 Å². The molecule has 0 atom stereocenters. The third-order valence-corrected chi connectivity index (χ3v) is 4.79. The van der Waals surface area contributed by atoms with Crippen LogP contribution in [0.5, 0.6) is 0 Å². The van der Waals surface area contributed by atoms with Gasteiger partial charge in [0, 0.05) is 16.2 Å². The van der Waals surface area contributed by atoms with Gasteiger partial charge in [-0.15, -0.1) is 11.3 Å². The second-order valence-corrected chi connectivity index (χ2v) is 6.52. The smallest absolute Gasteiger partial charge is 0.311 e. The molecule has 20 heavy (non-hydrogen) atoms. The van der Waals surface area contributed by atoms with Crippen molar-refractivity contribution in [2.24, 2.45) is 0 Å². The van der Waals surface area contributed by atoms with E-state index < -0.39 is 0 Å². The molecule has 0 saturated heterocycles. The Bertz CT molecular complexity index is 586. The average Bonchev–Trinajstić information content (AvgIpc) is 2.84. The van der Waals surface area contributed by atoms with Crippen molar-refractivity contribution in [3.05, 3.63) is 45.9 Å². The third kappa shape index (κ3) is 4.81. The van der Waals surface area contributed by atoms with E-state index in [0.29, 0.717) is 6.61 Å². The lowest BCUT2D eigenvalue weighted by molar-refractivity contribution is -0.142. The zero-order valence-corrected chi connectivity index (χ0v) is 13.4. The van der Waals surface area contributed by atoms with E-state index in [9.17, 15) is 4.79 Å². The number of thiazole rings is 1. The molecule has 2 aromatic rings. The molecule has 3 nitrogen and oxygen atoms in total. The monoisotopic (exact) mass is 327 g/mol. The molecule has 0 aliphatic rings. The molecule has 0 amide bonds. The van der Waals surface area contributed by atoms with Crippen molar-refractivity contribution in [3.8, 4) is 0 Å². The van der Waals surface area contributed by atoms with Crippen molar-refractivity contribution in [3.63, 3.8) is 0 Å². The number of benzene rings is 1. The molecule has 2 rings (SSSR count). The molecule has 1 heterocycles. The van der Waals surface area contributed by atoms with Gasteiger partial charge in [-0.05, 0) is 24.6 Å². The van der Waals surface area contributed by atoms with Crippen molar-refractivity contribution >= 4 is 40.7 Å². The fourth-order valence-corrected chi connectivity index (χ4v) is 3.57. The largest absolute Gasteiger partial charge is 0.466 e. The van der Waals surface area contributed by atoms with Gasteiger partial charge < -0.3 is 4.74 Å². The molecule has 0 N–H and O–H groups in total. The number of nitrogens with zero attached hydrogens (tertiary/aromatic N) is 1. The zero-order valence-electron chi connectivity index (χ0n) is 11.0. The molecule has 0 fully saturated rings. The van der Waals surface area contributed by atoms with Crippen molar-refractivity contribution in [1.82, 2.24) is 4.98 Å². The highest BCUT2D eigenvalue weighted by Crippen LogP contribution is 2.27. The van der Waals surface area contributed by atoms with Crippen LogP contribution >= 0.6 is 34.7 Å². The molecule has 1 aromatic heterocycles. The summed E-state index contributed by atoms with van der Waals surface area (Å²) in [5, 5.41) is 2.64. The van der Waals surface area contributed by atoms with E-state index in [1.165, 1.54) is 0 Å². The van der Waals surface area contributed by atoms with Gasteiger partial charge in [0.05, 0.1) is 18.7 Å². The second-order valence-electron chi connectivity index (χ2n) is 4.01. The highest BCUT2D eigenvalue weighted by atomic mass is 35.5. The van der Waals surface area contributed by atoms with E-state index in [-0.39, 0.29) is 12.4 Å². The van der Waals surface area contributed by atoms with Crippen LogP contribution in [0.25, 0.3) is 0 Å². The summed E-state index contributed by atoms with van der Waals surface area (Å²) in [6.45, 7) is 2.20. The summed E-state index contributed by atoms with van der Waals surface area (Å²) in [7, 11) is 0. The highest BCUT2D eigenvalue weighted by Gasteiger charge is 2.08. The van der Waals surface area contributed by atoms with E-state index in [1.807, 2.05) is 29.6 Å². The maximum absolute atomic E-state index is 11.4. The number of carbonyl (C=O) groups excluding carboxylic acids is 1. The highest BCUT2D eigenvalue weighted by molar-refractivity contribution is 8.00. The molecule has 0 spiro atoms. The van der Waals surface area contributed by atoms with Crippen molar-refractivity contribution in [2.45, 2.75) is 23.4 Å². The molecular formula is C14H14ClNO2S2. The molecule has 0 aliphatic heterocycles. The van der Waals surface area contributed by atoms with E-state index in [1.54, 1.807) is 30.0 Å². The van der Waals surface area contributed by atoms with Crippen LogP contribution in [0.1, 0.15) is 18.2 Å². The number of thioether (sulfide) groups is 1. The van der Waals surface area contributed by atoms with Crippen molar-refractivity contribution in [1.29, 1.82) is 0 Å². The van der Waals surface area contributed by atoms with Gasteiger partial charge in [0.15, 0.2) is 0 Å². The second kappa shape index (κ2) is 7.67. The van der Waals surface area contributed by atoms with E-state index in [2.05, 4.69) is 4.98 Å². The van der Waals surface area contributed by atoms with Crippen LogP contribution in [0.2, 0.25) is 5.02 Å². The maximum atomic E-state index is 11.4. The predicted molar refractivity (Wildman–Crippen MR) is 83.5 cm³/mol. The normalized spacial score (nSPS) is 10.5. The number of rotatable bonds is 6. The molecule has 0 saturated carbocycles. The van der Waals surface area contributed by atoms with Gasteiger partial charge in [-0.3, -0.25) is 4.79 Å². The Morgan fingerprint density at radius 1 is 1.50 bits per heavy atom. The van der Waals surface area contributed by atoms with Crippen LogP contribution in [0, 0.1) is 0 Å². The first-order valence-electron chi connectivity index (χ1n) is 6.14. The van der Waals surface area contributed by atoms with Crippen LogP contribution in [-0.2, 0) is 21.7 Å². The summed E-state index contributed by atoms with van der Waals surface area (Å²) in [5.41, 5.74) is 1.92. The first kappa shape index (κ1) is 15.4. The fourth-order valence-electron chi connectivity index (χ4n) is 1.57. The quantitative estimate of drug-likeness (QED) is 0.589. The minimum absolute atomic E-state index is 0.232. The number of ether oxygens (including phenoxy) is 1. The topological polar surface area (TPSA) is 39.2 Å². The molecule has 0 bridgehead atoms. The predicted octanol–water partition coefficient (Wildman–Crippen LogP) is 4.19. The number of hydrogen-bond donors (Lipinski definition) is 0. The first-order chi connectivity index (χ1) is 9.67. The molecule has 0 aliphatic carbocycles. The van der Waals surface area contributed by atoms with Gasteiger partial charge in [0.25, 0.3) is 0 Å². The lowest BCUT2D eigenvalue weighted by atomic mass is 10.2. The Hall–Kier alpha value is -1.04. The molecule has 106 valence electrons. The summed E-state index contributed by atoms with van der Waals surface area (Å²) >= 11 is 9.13. The van der Waals surface area contributed by atoms with Crippen molar-refractivity contribution < 1.29 is 9.53 Å². The Labute approximate surface area is 131 Å². The standard InChI is InChI=1S/C14H14ClNO2S2/c1-2-18-13(17)7-12-9-20-14(16-12)19-8-10-4-3-5-11(15)6-10/h3-6,9H,2,7-8H2,1H3. The molecule has 0 unspecified atom stereocenters. The minimum Gasteiger partial charge on any atom is -0.466 e. The van der Waals surface area contributed by atoms with Crippen molar-refractivity contribution in [2.75, 3.05) is 6.61 Å². The van der Waals surface area contributed by atoms with Gasteiger partial charge in [-0.1, -0.05) is 35.5 Å². The van der Waals surface area contributed by atoms with E-state index in [4.69, 9.17) is 16.3 Å². The summed E-state index contributed by atoms with van der Waals surface area (Å²) < 4.78 is 5.85. The zero-order chi connectivity index (χ0) is 14.4. The van der Waals surface area contributed by atoms with Gasteiger partial charge in [0.1, 0.15) is 4.34 Å². The van der Waals surface area contributed by atoms with E-state index >= 15 is 0 Å². The Morgan fingerprint density at radius 3 is 3.10 bits per heavy atom. The molecule has 1 aromatic carbocycles. The van der Waals surface area contributed by atoms with Crippen LogP contribution in [0.4, 0.5) is 0 Å². The van der Waals surface area contributed by atoms with Gasteiger partial charge in [0.2, 0.25) is 0 Å². The van der Waals surface area contributed by atoms with Crippen LogP contribution in [-0.4, -0.2) is 17.6 Å². The first-order valence-corrected chi connectivity index (χ1v) is 8.39. The Balaban J connectivity index is 1.88.